The van der Waals surface area contributed by atoms with Gasteiger partial charge in [-0.25, -0.2) is 17.9 Å². The second-order valence-corrected chi connectivity index (χ2v) is 7.23. The predicted octanol–water partition coefficient (Wildman–Crippen LogP) is 1.82. The van der Waals surface area contributed by atoms with Crippen molar-refractivity contribution in [2.75, 3.05) is 7.11 Å². The second-order valence-electron chi connectivity index (χ2n) is 5.59. The maximum absolute atomic E-state index is 12.5. The van der Waals surface area contributed by atoms with Gasteiger partial charge >= 0.3 is 11.9 Å². The van der Waals surface area contributed by atoms with Crippen LogP contribution < -0.4 is 4.72 Å². The fourth-order valence-corrected chi connectivity index (χ4v) is 3.57. The van der Waals surface area contributed by atoms with E-state index in [4.69, 9.17) is 9.52 Å². The summed E-state index contributed by atoms with van der Waals surface area (Å²) in [5.74, 6) is -1.74. The number of esters is 1. The lowest BCUT2D eigenvalue weighted by molar-refractivity contribution is -0.137. The molecule has 1 aromatic heterocycles. The highest BCUT2D eigenvalue weighted by Gasteiger charge is 2.25. The molecule has 8 nitrogen and oxygen atoms in total. The summed E-state index contributed by atoms with van der Waals surface area (Å²) >= 11 is 0. The molecule has 0 saturated heterocycles. The number of carbonyl (C=O) groups excluding carboxylic acids is 1. The fraction of sp³-hybridized carbons (Fsp3) is 0.294. The summed E-state index contributed by atoms with van der Waals surface area (Å²) in [6, 6.07) is 9.52. The smallest absolute Gasteiger partial charge is 0.341 e. The normalized spacial score (nSPS) is 12.5. The molecule has 9 heteroatoms. The lowest BCUT2D eigenvalue weighted by Crippen LogP contribution is -2.36. The van der Waals surface area contributed by atoms with E-state index >= 15 is 0 Å². The number of sulfonamides is 1. The summed E-state index contributed by atoms with van der Waals surface area (Å²) in [5.41, 5.74) is 0.832. The Labute approximate surface area is 150 Å². The largest absolute Gasteiger partial charge is 0.481 e. The van der Waals surface area contributed by atoms with Crippen molar-refractivity contribution >= 4 is 22.0 Å². The first kappa shape index (κ1) is 19.7. The third-order valence-corrected chi connectivity index (χ3v) is 5.00. The van der Waals surface area contributed by atoms with Gasteiger partial charge in [0.1, 0.15) is 6.26 Å². The first-order chi connectivity index (χ1) is 12.3. The van der Waals surface area contributed by atoms with Crippen LogP contribution in [0.25, 0.3) is 0 Å². The number of furan rings is 1. The molecule has 2 rings (SSSR count). The van der Waals surface area contributed by atoms with Gasteiger partial charge in [-0.05, 0) is 18.4 Å². The molecule has 0 aliphatic carbocycles. The van der Waals surface area contributed by atoms with Crippen molar-refractivity contribution in [2.45, 2.75) is 30.4 Å². The molecular weight excluding hydrogens is 362 g/mol. The molecule has 2 N–H and O–H groups in total. The maximum atomic E-state index is 12.5. The van der Waals surface area contributed by atoms with Crippen LogP contribution in [0.5, 0.6) is 0 Å². The van der Waals surface area contributed by atoms with E-state index in [1.165, 1.54) is 7.11 Å². The number of rotatable bonds is 9. The quantitative estimate of drug-likeness (QED) is 0.635. The predicted molar refractivity (Wildman–Crippen MR) is 91.2 cm³/mol. The van der Waals surface area contributed by atoms with Gasteiger partial charge in [0.15, 0.2) is 0 Å². The van der Waals surface area contributed by atoms with E-state index in [1.807, 2.05) is 30.3 Å². The SMILES string of the molecule is COC(=O)c1coc(S(=O)(=O)NC(CCC(=O)O)Cc2ccccc2)c1. The Hall–Kier alpha value is -2.65. The Morgan fingerprint density at radius 1 is 1.27 bits per heavy atom. The molecule has 1 heterocycles. The average molecular weight is 381 g/mol. The van der Waals surface area contributed by atoms with Crippen LogP contribution in [0.15, 0.2) is 52.2 Å². The summed E-state index contributed by atoms with van der Waals surface area (Å²) in [5, 5.41) is 8.45. The van der Waals surface area contributed by atoms with Crippen LogP contribution in [0, 0.1) is 0 Å². The molecular formula is C17H19NO7S. The summed E-state index contributed by atoms with van der Waals surface area (Å²) in [7, 11) is -2.90. The van der Waals surface area contributed by atoms with Gasteiger partial charge in [0, 0.05) is 18.5 Å². The van der Waals surface area contributed by atoms with Gasteiger partial charge < -0.3 is 14.3 Å². The van der Waals surface area contributed by atoms with E-state index in [0.717, 1.165) is 17.9 Å². The van der Waals surface area contributed by atoms with Crippen molar-refractivity contribution in [3.8, 4) is 0 Å². The Morgan fingerprint density at radius 3 is 2.58 bits per heavy atom. The van der Waals surface area contributed by atoms with Gasteiger partial charge in [0.2, 0.25) is 5.09 Å². The van der Waals surface area contributed by atoms with Crippen LogP contribution in [0.3, 0.4) is 0 Å². The van der Waals surface area contributed by atoms with Crippen molar-refractivity contribution in [1.82, 2.24) is 4.72 Å². The number of hydrogen-bond acceptors (Lipinski definition) is 6. The summed E-state index contributed by atoms with van der Waals surface area (Å²) < 4.78 is 36.9. The van der Waals surface area contributed by atoms with Gasteiger partial charge in [-0.15, -0.1) is 0 Å². The van der Waals surface area contributed by atoms with Crippen LogP contribution >= 0.6 is 0 Å². The first-order valence-corrected chi connectivity index (χ1v) is 9.25. The molecule has 0 aliphatic rings. The number of methoxy groups -OCH3 is 1. The highest BCUT2D eigenvalue weighted by Crippen LogP contribution is 2.17. The molecule has 26 heavy (non-hydrogen) atoms. The summed E-state index contributed by atoms with van der Waals surface area (Å²) in [4.78, 5) is 22.3. The van der Waals surface area contributed by atoms with Crippen molar-refractivity contribution in [1.29, 1.82) is 0 Å². The van der Waals surface area contributed by atoms with Crippen LogP contribution in [-0.4, -0.2) is 38.6 Å². The molecule has 0 aliphatic heterocycles. The van der Waals surface area contributed by atoms with Gasteiger partial charge in [-0.2, -0.15) is 0 Å². The van der Waals surface area contributed by atoms with Gasteiger partial charge in [0.05, 0.1) is 12.7 Å². The van der Waals surface area contributed by atoms with Crippen LogP contribution in [0.4, 0.5) is 0 Å². The van der Waals surface area contributed by atoms with Gasteiger partial charge in [-0.3, -0.25) is 4.79 Å². The van der Waals surface area contributed by atoms with E-state index in [1.54, 1.807) is 0 Å². The molecule has 0 radical (unpaired) electrons. The monoisotopic (exact) mass is 381 g/mol. The standard InChI is InChI=1S/C17H19NO7S/c1-24-17(21)13-10-16(25-11-13)26(22,23)18-14(7-8-15(19)20)9-12-5-3-2-4-6-12/h2-6,10-11,14,18H,7-9H2,1H3,(H,19,20). The second kappa shape index (κ2) is 8.63. The lowest BCUT2D eigenvalue weighted by Gasteiger charge is -2.17. The van der Waals surface area contributed by atoms with E-state index in [2.05, 4.69) is 9.46 Å². The lowest BCUT2D eigenvalue weighted by atomic mass is 10.0. The summed E-state index contributed by atoms with van der Waals surface area (Å²) in [6.07, 6.45) is 1.22. The van der Waals surface area contributed by atoms with Crippen LogP contribution in [0.1, 0.15) is 28.8 Å². The van der Waals surface area contributed by atoms with Crippen molar-refractivity contribution < 1.29 is 32.3 Å². The molecule has 2 aromatic rings. The number of nitrogens with one attached hydrogen (secondary N) is 1. The molecule has 0 bridgehead atoms. The zero-order valence-corrected chi connectivity index (χ0v) is 14.9. The highest BCUT2D eigenvalue weighted by molar-refractivity contribution is 7.89. The van der Waals surface area contributed by atoms with E-state index in [-0.39, 0.29) is 18.4 Å². The van der Waals surface area contributed by atoms with Gasteiger partial charge in [-0.1, -0.05) is 30.3 Å². The molecule has 140 valence electrons. The number of hydrogen-bond donors (Lipinski definition) is 2. The number of aliphatic carboxylic acids is 1. The van der Waals surface area contributed by atoms with Crippen molar-refractivity contribution in [2.24, 2.45) is 0 Å². The number of ether oxygens (including phenoxy) is 1. The van der Waals surface area contributed by atoms with E-state index < -0.39 is 33.1 Å². The Morgan fingerprint density at radius 2 is 1.96 bits per heavy atom. The van der Waals surface area contributed by atoms with E-state index in [0.29, 0.717) is 6.42 Å². The third kappa shape index (κ3) is 5.43. The Balaban J connectivity index is 2.17. The Kier molecular flexibility index (Phi) is 6.53. The highest BCUT2D eigenvalue weighted by atomic mass is 32.2. The first-order valence-electron chi connectivity index (χ1n) is 7.76. The van der Waals surface area contributed by atoms with Crippen LogP contribution in [-0.2, 0) is 26.0 Å². The van der Waals surface area contributed by atoms with Crippen LogP contribution in [0.2, 0.25) is 0 Å². The molecule has 0 fully saturated rings. The number of carboxylic acid groups (broad SMARTS) is 1. The number of carbonyl (C=O) groups is 2. The van der Waals surface area contributed by atoms with Crippen molar-refractivity contribution in [3.05, 3.63) is 53.8 Å². The zero-order valence-electron chi connectivity index (χ0n) is 14.0. The topological polar surface area (TPSA) is 123 Å². The van der Waals surface area contributed by atoms with E-state index in [9.17, 15) is 18.0 Å². The number of benzene rings is 1. The number of carboxylic acids is 1. The molecule has 1 unspecified atom stereocenters. The minimum absolute atomic E-state index is 0.0296. The molecule has 0 amide bonds. The zero-order chi connectivity index (χ0) is 19.2. The molecule has 1 atom stereocenters. The Bertz CT molecular complexity index is 858. The minimum atomic E-state index is -4.07. The van der Waals surface area contributed by atoms with Crippen molar-refractivity contribution in [3.63, 3.8) is 0 Å². The molecule has 1 aromatic carbocycles. The third-order valence-electron chi connectivity index (χ3n) is 3.61. The molecule has 0 spiro atoms. The maximum Gasteiger partial charge on any atom is 0.341 e. The average Bonchev–Trinajstić information content (AvgIpc) is 3.11. The fourth-order valence-electron chi connectivity index (χ4n) is 2.36. The van der Waals surface area contributed by atoms with Gasteiger partial charge in [0.25, 0.3) is 10.0 Å². The molecule has 0 saturated carbocycles. The summed E-state index contributed by atoms with van der Waals surface area (Å²) in [6.45, 7) is 0. The minimum Gasteiger partial charge on any atom is -0.481 e.